The molecule has 0 radical (unpaired) electrons. The van der Waals surface area contributed by atoms with Gasteiger partial charge in [-0.3, -0.25) is 9.20 Å². The number of aromatic nitrogens is 3. The molecule has 0 spiro atoms. The molecular formula is C28H20F8N4O3S. The lowest BCUT2D eigenvalue weighted by molar-refractivity contribution is -0.348. The van der Waals surface area contributed by atoms with Gasteiger partial charge in [0.05, 0.1) is 16.5 Å². The molecule has 3 heterocycles. The van der Waals surface area contributed by atoms with E-state index in [-0.39, 0.29) is 53.5 Å². The van der Waals surface area contributed by atoms with Gasteiger partial charge in [0, 0.05) is 18.3 Å². The zero-order valence-electron chi connectivity index (χ0n) is 22.2. The first-order chi connectivity index (χ1) is 20.5. The summed E-state index contributed by atoms with van der Waals surface area (Å²) in [7, 11) is -4.59. The van der Waals surface area contributed by atoms with Gasteiger partial charge in [-0.15, -0.1) is 10.2 Å². The molecule has 1 amide bonds. The summed E-state index contributed by atoms with van der Waals surface area (Å²) < 4.78 is 138. The van der Waals surface area contributed by atoms with Gasteiger partial charge in [0.15, 0.2) is 15.5 Å². The average Bonchev–Trinajstić information content (AvgIpc) is 3.60. The first kappa shape index (κ1) is 30.0. The summed E-state index contributed by atoms with van der Waals surface area (Å²) in [6.07, 6.45) is -10.7. The molecule has 1 fully saturated rings. The van der Waals surface area contributed by atoms with Gasteiger partial charge in [-0.25, -0.2) is 17.2 Å². The van der Waals surface area contributed by atoms with E-state index in [1.54, 1.807) is 0 Å². The van der Waals surface area contributed by atoms with Gasteiger partial charge < -0.3 is 4.90 Å². The summed E-state index contributed by atoms with van der Waals surface area (Å²) in [5.74, 6) is -1.34. The summed E-state index contributed by atoms with van der Waals surface area (Å²) in [5.41, 5.74) is -7.27. The summed E-state index contributed by atoms with van der Waals surface area (Å²) >= 11 is 0. The number of nitrogens with zero attached hydrogens (tertiary/aromatic N) is 4. The highest BCUT2D eigenvalue weighted by molar-refractivity contribution is 7.92. The maximum Gasteiger partial charge on any atom is 0.435 e. The smallest absolute Gasteiger partial charge is 0.334 e. The Kier molecular flexibility index (Phi) is 6.61. The summed E-state index contributed by atoms with van der Waals surface area (Å²) in [6, 6.07) is 7.06. The van der Waals surface area contributed by atoms with E-state index in [0.717, 1.165) is 30.3 Å². The second kappa shape index (κ2) is 9.71. The lowest BCUT2D eigenvalue weighted by Gasteiger charge is -2.43. The highest BCUT2D eigenvalue weighted by Crippen LogP contribution is 2.56. The normalized spacial score (nSPS) is 20.9. The van der Waals surface area contributed by atoms with E-state index in [9.17, 15) is 48.3 Å². The molecule has 0 bridgehead atoms. The van der Waals surface area contributed by atoms with Gasteiger partial charge in [0.25, 0.3) is 5.91 Å². The maximum absolute atomic E-state index is 15.0. The van der Waals surface area contributed by atoms with Crippen LogP contribution in [-0.4, -0.2) is 58.8 Å². The highest BCUT2D eigenvalue weighted by Gasteiger charge is 2.73. The van der Waals surface area contributed by atoms with Gasteiger partial charge in [-0.2, -0.15) is 26.3 Å². The molecule has 0 saturated carbocycles. The number of fused-ring (bicyclic) bond motifs is 4. The van der Waals surface area contributed by atoms with Gasteiger partial charge in [-0.05, 0) is 66.8 Å². The molecule has 4 aromatic rings. The van der Waals surface area contributed by atoms with Crippen LogP contribution >= 0.6 is 0 Å². The number of benzene rings is 2. The van der Waals surface area contributed by atoms with Crippen molar-refractivity contribution in [1.29, 1.82) is 0 Å². The first-order valence-corrected chi connectivity index (χ1v) is 14.6. The Hall–Kier alpha value is -4.08. The number of rotatable bonds is 4. The molecule has 232 valence electrons. The zero-order valence-corrected chi connectivity index (χ0v) is 23.0. The Labute approximate surface area is 244 Å². The third-order valence-corrected chi connectivity index (χ3v) is 11.0. The molecule has 2 aromatic carbocycles. The maximum atomic E-state index is 15.0. The fourth-order valence-corrected chi connectivity index (χ4v) is 8.78. The Bertz CT molecular complexity index is 1880. The molecule has 1 aliphatic carbocycles. The van der Waals surface area contributed by atoms with Crippen molar-refractivity contribution in [1.82, 2.24) is 19.5 Å². The number of carbonyl (C=O) groups is 1. The van der Waals surface area contributed by atoms with Crippen molar-refractivity contribution >= 4 is 21.4 Å². The van der Waals surface area contributed by atoms with Crippen LogP contribution in [0.4, 0.5) is 35.1 Å². The van der Waals surface area contributed by atoms with Crippen molar-refractivity contribution in [3.05, 3.63) is 95.2 Å². The number of amides is 1. The van der Waals surface area contributed by atoms with Crippen LogP contribution in [0.3, 0.4) is 0 Å². The molecule has 6 rings (SSSR count). The van der Waals surface area contributed by atoms with Crippen LogP contribution in [0, 0.1) is 5.82 Å². The standard InChI is InChI=1S/C28H20F8N4O3S/c29-19-4-6-20(7-5-19)44(42,43)25-11-12-40(24(41)17-2-10-23-38-37-15-39(23)14-17)22(25)9-1-16-13-18(3-8-21(16)25)26(30,27(31,32)33)28(34,35)36/h2-8,10,13-15,22H,1,9,11-12H2/t22-,25-/m1/s1. The number of hydrogen-bond acceptors (Lipinski definition) is 5. The molecule has 2 atom stereocenters. The van der Waals surface area contributed by atoms with Crippen LogP contribution in [0.25, 0.3) is 5.65 Å². The lowest BCUT2D eigenvalue weighted by Crippen LogP contribution is -2.53. The highest BCUT2D eigenvalue weighted by atomic mass is 32.2. The number of carbonyl (C=O) groups excluding carboxylic acids is 1. The van der Waals surface area contributed by atoms with Crippen LogP contribution in [0.2, 0.25) is 0 Å². The van der Waals surface area contributed by atoms with E-state index in [4.69, 9.17) is 0 Å². The van der Waals surface area contributed by atoms with Gasteiger partial charge in [0.2, 0.25) is 0 Å². The second-order valence-electron chi connectivity index (χ2n) is 10.7. The van der Waals surface area contributed by atoms with Gasteiger partial charge in [0.1, 0.15) is 16.9 Å². The molecule has 16 heteroatoms. The molecule has 44 heavy (non-hydrogen) atoms. The van der Waals surface area contributed by atoms with E-state index in [0.29, 0.717) is 11.7 Å². The van der Waals surface area contributed by atoms with E-state index < -0.39 is 55.9 Å². The predicted octanol–water partition coefficient (Wildman–Crippen LogP) is 5.69. The molecule has 0 N–H and O–H groups in total. The molecule has 2 aliphatic rings. The zero-order chi connectivity index (χ0) is 31.9. The van der Waals surface area contributed by atoms with Crippen molar-refractivity contribution in [2.24, 2.45) is 0 Å². The molecule has 1 saturated heterocycles. The first-order valence-electron chi connectivity index (χ1n) is 13.1. The Morgan fingerprint density at radius 1 is 0.932 bits per heavy atom. The van der Waals surface area contributed by atoms with E-state index >= 15 is 0 Å². The van der Waals surface area contributed by atoms with Crippen LogP contribution < -0.4 is 0 Å². The quantitative estimate of drug-likeness (QED) is 0.211. The number of hydrogen-bond donors (Lipinski definition) is 0. The van der Waals surface area contributed by atoms with Crippen LogP contribution in [0.1, 0.15) is 39.9 Å². The number of sulfone groups is 1. The lowest BCUT2D eigenvalue weighted by atomic mass is 9.76. The topological polar surface area (TPSA) is 84.6 Å². The molecular weight excluding hydrogens is 624 g/mol. The Balaban J connectivity index is 1.52. The van der Waals surface area contributed by atoms with Gasteiger partial charge >= 0.3 is 18.0 Å². The number of alkyl halides is 7. The Morgan fingerprint density at radius 2 is 1.61 bits per heavy atom. The summed E-state index contributed by atoms with van der Waals surface area (Å²) in [5, 5.41) is 7.60. The number of aryl methyl sites for hydroxylation is 1. The molecule has 1 aliphatic heterocycles. The van der Waals surface area contributed by atoms with Crippen molar-refractivity contribution in [3.8, 4) is 0 Å². The molecule has 0 unspecified atom stereocenters. The molecule has 2 aromatic heterocycles. The predicted molar refractivity (Wildman–Crippen MR) is 137 cm³/mol. The largest absolute Gasteiger partial charge is 0.435 e. The van der Waals surface area contributed by atoms with E-state index in [1.807, 2.05) is 0 Å². The van der Waals surface area contributed by atoms with Crippen molar-refractivity contribution in [2.75, 3.05) is 6.54 Å². The Morgan fingerprint density at radius 3 is 2.27 bits per heavy atom. The monoisotopic (exact) mass is 644 g/mol. The van der Waals surface area contributed by atoms with Crippen molar-refractivity contribution < 1.29 is 48.3 Å². The second-order valence-corrected chi connectivity index (χ2v) is 12.9. The fraction of sp³-hybridized carbons (Fsp3) is 0.321. The molecule has 7 nitrogen and oxygen atoms in total. The van der Waals surface area contributed by atoms with Crippen molar-refractivity contribution in [2.45, 2.75) is 53.0 Å². The van der Waals surface area contributed by atoms with Gasteiger partial charge in [-0.1, -0.05) is 18.2 Å². The average molecular weight is 645 g/mol. The minimum atomic E-state index is -6.36. The van der Waals surface area contributed by atoms with Crippen LogP contribution in [0.15, 0.2) is 72.0 Å². The summed E-state index contributed by atoms with van der Waals surface area (Å²) in [4.78, 5) is 14.7. The SMILES string of the molecule is O=C(c1ccc2nncn2c1)N1CC[C@@]2(S(=O)(=O)c3ccc(F)cc3)c3ccc(C(F)(C(F)(F)F)C(F)(F)F)cc3CC[C@@H]12. The summed E-state index contributed by atoms with van der Waals surface area (Å²) in [6.45, 7) is -0.149. The third-order valence-electron chi connectivity index (χ3n) is 8.47. The van der Waals surface area contributed by atoms with Crippen LogP contribution in [0.5, 0.6) is 0 Å². The number of pyridine rings is 1. The van der Waals surface area contributed by atoms with E-state index in [2.05, 4.69) is 10.2 Å². The number of likely N-dealkylation sites (tertiary alicyclic amines) is 1. The van der Waals surface area contributed by atoms with Crippen molar-refractivity contribution in [3.63, 3.8) is 0 Å². The fourth-order valence-electron chi connectivity index (χ4n) is 6.42. The third kappa shape index (κ3) is 4.13. The number of halogens is 8. The van der Waals surface area contributed by atoms with Crippen LogP contribution in [-0.2, 0) is 26.7 Å². The minimum absolute atomic E-state index is 0.144. The van der Waals surface area contributed by atoms with E-state index in [1.165, 1.54) is 34.0 Å². The minimum Gasteiger partial charge on any atom is -0.334 e.